The highest BCUT2D eigenvalue weighted by Gasteiger charge is 2.37. The molecule has 0 bridgehead atoms. The van der Waals surface area contributed by atoms with Crippen LogP contribution in [0, 0.1) is 0 Å². The van der Waals surface area contributed by atoms with Crippen molar-refractivity contribution in [2.24, 2.45) is 0 Å². The summed E-state index contributed by atoms with van der Waals surface area (Å²) in [6.07, 6.45) is -0.159. The smallest absolute Gasteiger partial charge is 0.343 e. The minimum atomic E-state index is -0.879. The second-order valence-electron chi connectivity index (χ2n) is 7.97. The Hall–Kier alpha value is -3.88. The fourth-order valence-electron chi connectivity index (χ4n) is 3.58. The molecule has 0 N–H and O–H groups in total. The number of hydrogen-bond acceptors (Lipinski definition) is 8. The highest BCUT2D eigenvalue weighted by Crippen LogP contribution is 2.31. The summed E-state index contributed by atoms with van der Waals surface area (Å²) in [4.78, 5) is 38.1. The number of esters is 3. The molecule has 0 amide bonds. The van der Waals surface area contributed by atoms with Gasteiger partial charge < -0.3 is 18.9 Å². The predicted molar refractivity (Wildman–Crippen MR) is 139 cm³/mol. The van der Waals surface area contributed by atoms with E-state index in [4.69, 9.17) is 18.9 Å². The minimum absolute atomic E-state index is 0.105. The van der Waals surface area contributed by atoms with Crippen molar-refractivity contribution in [2.45, 2.75) is 24.6 Å². The van der Waals surface area contributed by atoms with Crippen LogP contribution in [-0.2, 0) is 18.9 Å². The second kappa shape index (κ2) is 12.9. The number of rotatable bonds is 9. The van der Waals surface area contributed by atoms with E-state index in [1.54, 1.807) is 97.1 Å². The van der Waals surface area contributed by atoms with Crippen molar-refractivity contribution in [2.75, 3.05) is 12.4 Å². The summed E-state index contributed by atoms with van der Waals surface area (Å²) in [5.41, 5.74) is 0.515. The molecular weight excluding hydrogens is 492 g/mol. The zero-order valence-electron chi connectivity index (χ0n) is 20.1. The standard InChI is InChI=1S/C29H26O7S/c1-2-37-29-24(35-28(32)22-16-10-5-11-17-22)18-23(34-27(31)21-14-8-4-9-15-21)25(36-29)19-33-26(30)20-12-6-3-7-13-20/h3-18,24-25,29H,2,19H2,1H3. The summed E-state index contributed by atoms with van der Waals surface area (Å²) < 4.78 is 23.1. The topological polar surface area (TPSA) is 88.1 Å². The average molecular weight is 519 g/mol. The summed E-state index contributed by atoms with van der Waals surface area (Å²) in [5, 5.41) is 0. The fraction of sp³-hybridized carbons (Fsp3) is 0.207. The summed E-state index contributed by atoms with van der Waals surface area (Å²) in [5.74, 6) is -0.892. The van der Waals surface area contributed by atoms with Crippen molar-refractivity contribution < 1.29 is 33.3 Å². The predicted octanol–water partition coefficient (Wildman–Crippen LogP) is 5.29. The summed E-state index contributed by atoms with van der Waals surface area (Å²) >= 11 is 1.42. The van der Waals surface area contributed by atoms with Gasteiger partial charge in [-0.1, -0.05) is 61.5 Å². The van der Waals surface area contributed by atoms with Crippen LogP contribution in [-0.4, -0.2) is 47.9 Å². The third kappa shape index (κ3) is 7.09. The Morgan fingerprint density at radius 3 is 1.81 bits per heavy atom. The van der Waals surface area contributed by atoms with Crippen LogP contribution in [0.25, 0.3) is 0 Å². The minimum Gasteiger partial charge on any atom is -0.459 e. The fourth-order valence-corrected chi connectivity index (χ4v) is 4.44. The van der Waals surface area contributed by atoms with E-state index in [1.165, 1.54) is 11.8 Å². The molecule has 0 saturated heterocycles. The van der Waals surface area contributed by atoms with Gasteiger partial charge in [-0.25, -0.2) is 14.4 Å². The number of ether oxygens (including phenoxy) is 4. The molecule has 190 valence electrons. The van der Waals surface area contributed by atoms with Gasteiger partial charge in [0.25, 0.3) is 0 Å². The van der Waals surface area contributed by atoms with Crippen LogP contribution in [0.3, 0.4) is 0 Å². The molecule has 8 heteroatoms. The molecule has 3 unspecified atom stereocenters. The SMILES string of the molecule is CCSC1OC(COC(=O)c2ccccc2)C(OC(=O)c2ccccc2)=CC1OC(=O)c1ccccc1. The van der Waals surface area contributed by atoms with Crippen LogP contribution in [0.4, 0.5) is 0 Å². The lowest BCUT2D eigenvalue weighted by atomic mass is 10.1. The van der Waals surface area contributed by atoms with E-state index in [0.717, 1.165) is 0 Å². The van der Waals surface area contributed by atoms with Gasteiger partial charge in [-0.3, -0.25) is 0 Å². The van der Waals surface area contributed by atoms with Crippen molar-refractivity contribution in [3.05, 3.63) is 120 Å². The zero-order chi connectivity index (χ0) is 26.0. The van der Waals surface area contributed by atoms with Crippen LogP contribution in [0.2, 0.25) is 0 Å². The summed E-state index contributed by atoms with van der Waals surface area (Å²) in [6, 6.07) is 25.6. The Balaban J connectivity index is 1.57. The maximum atomic E-state index is 12.8. The maximum absolute atomic E-state index is 12.8. The monoisotopic (exact) mass is 518 g/mol. The lowest BCUT2D eigenvalue weighted by molar-refractivity contribution is -0.0676. The highest BCUT2D eigenvalue weighted by molar-refractivity contribution is 7.99. The molecule has 7 nitrogen and oxygen atoms in total. The third-order valence-corrected chi connectivity index (χ3v) is 6.43. The van der Waals surface area contributed by atoms with Crippen LogP contribution in [0.15, 0.2) is 103 Å². The van der Waals surface area contributed by atoms with Crippen molar-refractivity contribution in [3.8, 4) is 0 Å². The Kier molecular flexibility index (Phi) is 9.13. The second-order valence-corrected chi connectivity index (χ2v) is 9.35. The molecule has 37 heavy (non-hydrogen) atoms. The first kappa shape index (κ1) is 26.2. The summed E-state index contributed by atoms with van der Waals surface area (Å²) in [7, 11) is 0. The molecule has 4 rings (SSSR count). The molecule has 0 aromatic heterocycles. The Labute approximate surface area is 219 Å². The van der Waals surface area contributed by atoms with Gasteiger partial charge in [0, 0.05) is 6.08 Å². The number of thioether (sulfide) groups is 1. The largest absolute Gasteiger partial charge is 0.459 e. The Morgan fingerprint density at radius 1 is 0.757 bits per heavy atom. The van der Waals surface area contributed by atoms with Gasteiger partial charge in [0.15, 0.2) is 12.2 Å². The molecule has 1 aliphatic rings. The van der Waals surface area contributed by atoms with E-state index in [1.807, 2.05) is 6.92 Å². The van der Waals surface area contributed by atoms with Crippen LogP contribution < -0.4 is 0 Å². The van der Waals surface area contributed by atoms with Crippen molar-refractivity contribution in [1.29, 1.82) is 0 Å². The molecule has 0 aliphatic carbocycles. The molecule has 1 aliphatic heterocycles. The van der Waals surface area contributed by atoms with Crippen molar-refractivity contribution in [1.82, 2.24) is 0 Å². The maximum Gasteiger partial charge on any atom is 0.343 e. The lowest BCUT2D eigenvalue weighted by Crippen LogP contribution is -2.42. The van der Waals surface area contributed by atoms with Gasteiger partial charge >= 0.3 is 17.9 Å². The highest BCUT2D eigenvalue weighted by atomic mass is 32.2. The first-order chi connectivity index (χ1) is 18.0. The molecule has 0 spiro atoms. The molecule has 3 aromatic carbocycles. The van der Waals surface area contributed by atoms with Crippen LogP contribution in [0.1, 0.15) is 38.0 Å². The number of benzene rings is 3. The quantitative estimate of drug-likeness (QED) is 0.279. The molecule has 3 aromatic rings. The van der Waals surface area contributed by atoms with Crippen LogP contribution >= 0.6 is 11.8 Å². The van der Waals surface area contributed by atoms with Gasteiger partial charge in [-0.2, -0.15) is 0 Å². The van der Waals surface area contributed by atoms with Gasteiger partial charge in [-0.05, 0) is 42.2 Å². The molecule has 3 atom stereocenters. The third-order valence-electron chi connectivity index (χ3n) is 5.39. The first-order valence-corrected chi connectivity index (χ1v) is 12.8. The van der Waals surface area contributed by atoms with Crippen molar-refractivity contribution >= 4 is 29.7 Å². The van der Waals surface area contributed by atoms with E-state index in [0.29, 0.717) is 22.4 Å². The summed E-state index contributed by atoms with van der Waals surface area (Å²) in [6.45, 7) is 1.75. The van der Waals surface area contributed by atoms with Gasteiger partial charge in [0.2, 0.25) is 0 Å². The number of carbonyl (C=O) groups excluding carboxylic acids is 3. The van der Waals surface area contributed by atoms with Crippen molar-refractivity contribution in [3.63, 3.8) is 0 Å². The van der Waals surface area contributed by atoms with E-state index in [2.05, 4.69) is 0 Å². The van der Waals surface area contributed by atoms with Gasteiger partial charge in [0.05, 0.1) is 16.7 Å². The molecule has 1 heterocycles. The molecule has 0 saturated carbocycles. The normalized spacial score (nSPS) is 18.8. The molecule has 0 radical (unpaired) electrons. The van der Waals surface area contributed by atoms with E-state index < -0.39 is 35.6 Å². The van der Waals surface area contributed by atoms with Crippen LogP contribution in [0.5, 0.6) is 0 Å². The van der Waals surface area contributed by atoms with Gasteiger partial charge in [-0.15, -0.1) is 11.8 Å². The van der Waals surface area contributed by atoms with E-state index in [9.17, 15) is 14.4 Å². The average Bonchev–Trinajstić information content (AvgIpc) is 2.94. The number of hydrogen-bond donors (Lipinski definition) is 0. The Bertz CT molecular complexity index is 1230. The number of carbonyl (C=O) groups is 3. The lowest BCUT2D eigenvalue weighted by Gasteiger charge is -2.34. The molecular formula is C29H26O7S. The van der Waals surface area contributed by atoms with E-state index in [-0.39, 0.29) is 12.4 Å². The molecule has 0 fully saturated rings. The van der Waals surface area contributed by atoms with Gasteiger partial charge in [0.1, 0.15) is 17.8 Å². The zero-order valence-corrected chi connectivity index (χ0v) is 21.0. The Morgan fingerprint density at radius 2 is 1.27 bits per heavy atom. The van der Waals surface area contributed by atoms with E-state index >= 15 is 0 Å². The first-order valence-electron chi connectivity index (χ1n) is 11.8.